The Hall–Kier alpha value is -1.26. The molecule has 4 heteroatoms. The molecule has 0 aromatic carbocycles. The third-order valence-electron chi connectivity index (χ3n) is 1.95. The van der Waals surface area contributed by atoms with Gasteiger partial charge in [0.2, 0.25) is 0 Å². The second-order valence-electron chi connectivity index (χ2n) is 3.06. The Morgan fingerprint density at radius 2 is 2.29 bits per heavy atom. The summed E-state index contributed by atoms with van der Waals surface area (Å²) in [5.41, 5.74) is 2.98. The number of nitrogens with zero attached hydrogens (tertiary/aromatic N) is 1. The Labute approximate surface area is 86.4 Å². The molecule has 0 atom stereocenters. The number of hydrogen-bond acceptors (Lipinski definition) is 3. The SMILES string of the molecule is Cc1ccnc(-c2cc(SO)c[nH]2)c1. The average Bonchev–Trinajstić information content (AvgIpc) is 2.66. The smallest absolute Gasteiger partial charge is 0.0867 e. The normalized spacial score (nSPS) is 10.4. The Morgan fingerprint density at radius 3 is 2.93 bits per heavy atom. The molecule has 0 radical (unpaired) electrons. The summed E-state index contributed by atoms with van der Waals surface area (Å²) < 4.78 is 8.83. The number of rotatable bonds is 2. The molecule has 2 rings (SSSR count). The van der Waals surface area contributed by atoms with Crippen molar-refractivity contribution in [1.29, 1.82) is 0 Å². The number of H-pyrrole nitrogens is 1. The molecule has 0 saturated heterocycles. The lowest BCUT2D eigenvalue weighted by atomic mass is 10.2. The van der Waals surface area contributed by atoms with Crippen LogP contribution in [0.3, 0.4) is 0 Å². The van der Waals surface area contributed by atoms with Gasteiger partial charge in [0.05, 0.1) is 16.3 Å². The summed E-state index contributed by atoms with van der Waals surface area (Å²) in [5, 5.41) is 0. The molecule has 0 aliphatic heterocycles. The van der Waals surface area contributed by atoms with E-state index in [1.54, 1.807) is 12.4 Å². The highest BCUT2D eigenvalue weighted by Crippen LogP contribution is 2.22. The molecule has 2 aromatic rings. The molecule has 2 heterocycles. The third-order valence-corrected chi connectivity index (χ3v) is 2.40. The summed E-state index contributed by atoms with van der Waals surface area (Å²) >= 11 is 0.729. The number of aryl methyl sites for hydroxylation is 1. The number of pyridine rings is 1. The van der Waals surface area contributed by atoms with E-state index in [2.05, 4.69) is 9.97 Å². The molecule has 14 heavy (non-hydrogen) atoms. The quantitative estimate of drug-likeness (QED) is 0.743. The van der Waals surface area contributed by atoms with Crippen LogP contribution >= 0.6 is 12.0 Å². The average molecular weight is 206 g/mol. The third kappa shape index (κ3) is 1.81. The number of aromatic nitrogens is 2. The molecule has 0 aliphatic rings. The summed E-state index contributed by atoms with van der Waals surface area (Å²) in [6, 6.07) is 5.82. The predicted octanol–water partition coefficient (Wildman–Crippen LogP) is 2.95. The van der Waals surface area contributed by atoms with Crippen LogP contribution < -0.4 is 0 Å². The van der Waals surface area contributed by atoms with Crippen molar-refractivity contribution in [2.24, 2.45) is 0 Å². The van der Waals surface area contributed by atoms with Gasteiger partial charge < -0.3 is 9.54 Å². The van der Waals surface area contributed by atoms with Gasteiger partial charge in [0, 0.05) is 24.4 Å². The molecule has 3 nitrogen and oxygen atoms in total. The molecule has 0 spiro atoms. The largest absolute Gasteiger partial charge is 0.359 e. The standard InChI is InChI=1S/C10H10N2OS/c1-7-2-3-11-9(4-7)10-5-8(14-13)6-12-10/h2-6,12-13H,1H3. The van der Waals surface area contributed by atoms with E-state index in [1.165, 1.54) is 5.56 Å². The minimum absolute atomic E-state index is 0.729. The van der Waals surface area contributed by atoms with Gasteiger partial charge in [-0.15, -0.1) is 0 Å². The maximum absolute atomic E-state index is 8.83. The molecule has 0 saturated carbocycles. The summed E-state index contributed by atoms with van der Waals surface area (Å²) in [7, 11) is 0. The zero-order valence-electron chi connectivity index (χ0n) is 7.69. The Kier molecular flexibility index (Phi) is 2.56. The molecule has 0 bridgehead atoms. The highest BCUT2D eigenvalue weighted by molar-refractivity contribution is 7.93. The first-order chi connectivity index (χ1) is 6.79. The molecular formula is C10H10N2OS. The summed E-state index contributed by atoms with van der Waals surface area (Å²) in [6.45, 7) is 2.02. The van der Waals surface area contributed by atoms with Gasteiger partial charge in [-0.05, 0) is 30.7 Å². The monoisotopic (exact) mass is 206 g/mol. The Morgan fingerprint density at radius 1 is 1.43 bits per heavy atom. The zero-order chi connectivity index (χ0) is 9.97. The fourth-order valence-corrected chi connectivity index (χ4v) is 1.54. The number of aromatic amines is 1. The first kappa shape index (κ1) is 9.30. The van der Waals surface area contributed by atoms with Gasteiger partial charge in [0.15, 0.2) is 0 Å². The minimum Gasteiger partial charge on any atom is -0.359 e. The lowest BCUT2D eigenvalue weighted by Gasteiger charge is -1.97. The van der Waals surface area contributed by atoms with Gasteiger partial charge in [0.1, 0.15) is 0 Å². The number of nitrogens with one attached hydrogen (secondary N) is 1. The summed E-state index contributed by atoms with van der Waals surface area (Å²) in [4.78, 5) is 8.09. The van der Waals surface area contributed by atoms with Crippen LogP contribution in [0.25, 0.3) is 11.4 Å². The van der Waals surface area contributed by atoms with Crippen molar-refractivity contribution in [3.63, 3.8) is 0 Å². The first-order valence-corrected chi connectivity index (χ1v) is 5.00. The molecule has 0 amide bonds. The number of hydrogen-bond donors (Lipinski definition) is 2. The molecule has 2 aromatic heterocycles. The van der Waals surface area contributed by atoms with E-state index in [1.807, 2.05) is 25.1 Å². The Balaban J connectivity index is 2.39. The maximum Gasteiger partial charge on any atom is 0.0867 e. The van der Waals surface area contributed by atoms with Crippen LogP contribution in [-0.2, 0) is 0 Å². The first-order valence-electron chi connectivity index (χ1n) is 4.22. The van der Waals surface area contributed by atoms with E-state index in [9.17, 15) is 0 Å². The van der Waals surface area contributed by atoms with E-state index in [4.69, 9.17) is 4.55 Å². The van der Waals surface area contributed by atoms with Crippen molar-refractivity contribution in [3.8, 4) is 11.4 Å². The van der Waals surface area contributed by atoms with Crippen LogP contribution in [0.2, 0.25) is 0 Å². The van der Waals surface area contributed by atoms with E-state index >= 15 is 0 Å². The fourth-order valence-electron chi connectivity index (χ4n) is 1.26. The van der Waals surface area contributed by atoms with Crippen molar-refractivity contribution >= 4 is 12.0 Å². The van der Waals surface area contributed by atoms with Crippen LogP contribution in [0.4, 0.5) is 0 Å². The van der Waals surface area contributed by atoms with Crippen molar-refractivity contribution in [1.82, 2.24) is 9.97 Å². The van der Waals surface area contributed by atoms with E-state index in [0.29, 0.717) is 0 Å². The van der Waals surface area contributed by atoms with Crippen molar-refractivity contribution in [2.45, 2.75) is 11.8 Å². The molecule has 72 valence electrons. The van der Waals surface area contributed by atoms with Crippen LogP contribution in [0.5, 0.6) is 0 Å². The summed E-state index contributed by atoms with van der Waals surface area (Å²) in [5.74, 6) is 0. The molecule has 2 N–H and O–H groups in total. The molecular weight excluding hydrogens is 196 g/mol. The van der Waals surface area contributed by atoms with Crippen molar-refractivity contribution in [2.75, 3.05) is 0 Å². The zero-order valence-corrected chi connectivity index (χ0v) is 8.51. The highest BCUT2D eigenvalue weighted by atomic mass is 32.2. The molecule has 0 fully saturated rings. The van der Waals surface area contributed by atoms with Gasteiger partial charge in [-0.25, -0.2) is 0 Å². The van der Waals surface area contributed by atoms with Crippen LogP contribution in [0, 0.1) is 6.92 Å². The second-order valence-corrected chi connectivity index (χ2v) is 3.71. The molecule has 0 aliphatic carbocycles. The van der Waals surface area contributed by atoms with Gasteiger partial charge in [-0.1, -0.05) is 0 Å². The van der Waals surface area contributed by atoms with Crippen LogP contribution in [-0.4, -0.2) is 14.5 Å². The Bertz CT molecular complexity index is 439. The lowest BCUT2D eigenvalue weighted by molar-refractivity contribution is 0.664. The van der Waals surface area contributed by atoms with E-state index < -0.39 is 0 Å². The van der Waals surface area contributed by atoms with E-state index in [-0.39, 0.29) is 0 Å². The second kappa shape index (κ2) is 3.86. The van der Waals surface area contributed by atoms with Crippen LogP contribution in [0.1, 0.15) is 5.56 Å². The van der Waals surface area contributed by atoms with Gasteiger partial charge in [-0.2, -0.15) is 0 Å². The summed E-state index contributed by atoms with van der Waals surface area (Å²) in [6.07, 6.45) is 3.53. The van der Waals surface area contributed by atoms with Gasteiger partial charge in [0.25, 0.3) is 0 Å². The van der Waals surface area contributed by atoms with Gasteiger partial charge in [-0.3, -0.25) is 4.98 Å². The topological polar surface area (TPSA) is 48.9 Å². The predicted molar refractivity (Wildman–Crippen MR) is 57.2 cm³/mol. The van der Waals surface area contributed by atoms with Crippen LogP contribution in [0.15, 0.2) is 35.5 Å². The van der Waals surface area contributed by atoms with E-state index in [0.717, 1.165) is 28.3 Å². The highest BCUT2D eigenvalue weighted by Gasteiger charge is 2.02. The van der Waals surface area contributed by atoms with Crippen molar-refractivity contribution < 1.29 is 4.55 Å². The lowest BCUT2D eigenvalue weighted by Crippen LogP contribution is -1.83. The fraction of sp³-hybridized carbons (Fsp3) is 0.100. The maximum atomic E-state index is 8.83. The molecule has 0 unspecified atom stereocenters. The van der Waals surface area contributed by atoms with Crippen molar-refractivity contribution in [3.05, 3.63) is 36.2 Å². The minimum atomic E-state index is 0.729. The van der Waals surface area contributed by atoms with Gasteiger partial charge >= 0.3 is 0 Å².